The molecule has 33 heavy (non-hydrogen) atoms. The summed E-state index contributed by atoms with van der Waals surface area (Å²) in [5.74, 6) is 0.0864. The number of sulfonamides is 1. The van der Waals surface area contributed by atoms with Gasteiger partial charge in [-0.3, -0.25) is 9.69 Å². The third kappa shape index (κ3) is 5.31. The quantitative estimate of drug-likeness (QED) is 0.644. The van der Waals surface area contributed by atoms with Crippen molar-refractivity contribution in [1.29, 1.82) is 0 Å². The average Bonchev–Trinajstić information content (AvgIpc) is 3.17. The zero-order chi connectivity index (χ0) is 23.8. The number of benzene rings is 1. The van der Waals surface area contributed by atoms with Gasteiger partial charge in [0, 0.05) is 57.1 Å². The van der Waals surface area contributed by atoms with Gasteiger partial charge in [0.1, 0.15) is 0 Å². The lowest BCUT2D eigenvalue weighted by molar-refractivity contribution is -0.138. The highest BCUT2D eigenvalue weighted by atomic mass is 32.2. The van der Waals surface area contributed by atoms with Crippen molar-refractivity contribution in [2.45, 2.75) is 52.0 Å². The number of piperazine rings is 1. The Bertz CT molecular complexity index is 1090. The molecule has 0 bridgehead atoms. The first-order valence-electron chi connectivity index (χ1n) is 11.7. The number of piperidine rings is 1. The monoisotopic (exact) mass is 490 g/mol. The molecule has 0 saturated carbocycles. The van der Waals surface area contributed by atoms with Crippen molar-refractivity contribution in [1.82, 2.24) is 19.1 Å². The Hall–Kier alpha value is -1.81. The molecular weight excluding hydrogens is 456 g/mol. The Morgan fingerprint density at radius 1 is 1.00 bits per heavy atom. The molecule has 0 unspecified atom stereocenters. The highest BCUT2D eigenvalue weighted by Crippen LogP contribution is 2.29. The van der Waals surface area contributed by atoms with E-state index in [0.29, 0.717) is 30.8 Å². The zero-order valence-corrected chi connectivity index (χ0v) is 21.6. The normalized spacial score (nSPS) is 19.2. The molecule has 1 amide bonds. The van der Waals surface area contributed by atoms with E-state index in [4.69, 9.17) is 0 Å². The van der Waals surface area contributed by atoms with Crippen LogP contribution in [0.2, 0.25) is 0 Å². The van der Waals surface area contributed by atoms with Gasteiger partial charge in [-0.15, -0.1) is 11.3 Å². The van der Waals surface area contributed by atoms with Crippen LogP contribution < -0.4 is 0 Å². The molecule has 9 heteroatoms. The summed E-state index contributed by atoms with van der Waals surface area (Å²) in [6, 6.07) is 3.84. The van der Waals surface area contributed by atoms with E-state index in [-0.39, 0.29) is 11.8 Å². The Labute approximate surface area is 201 Å². The summed E-state index contributed by atoms with van der Waals surface area (Å²) < 4.78 is 28.2. The van der Waals surface area contributed by atoms with Crippen LogP contribution in [0.4, 0.5) is 0 Å². The van der Waals surface area contributed by atoms with E-state index in [9.17, 15) is 13.2 Å². The molecule has 2 aliphatic rings. The van der Waals surface area contributed by atoms with Gasteiger partial charge in [-0.1, -0.05) is 17.7 Å². The summed E-state index contributed by atoms with van der Waals surface area (Å²) in [6.45, 7) is 12.5. The van der Waals surface area contributed by atoms with Gasteiger partial charge in [0.05, 0.1) is 15.6 Å². The molecule has 0 spiro atoms. The van der Waals surface area contributed by atoms with Gasteiger partial charge in [0.25, 0.3) is 0 Å². The van der Waals surface area contributed by atoms with Crippen LogP contribution in [0.3, 0.4) is 0 Å². The van der Waals surface area contributed by atoms with E-state index in [0.717, 1.165) is 60.1 Å². The molecule has 1 aromatic heterocycles. The maximum atomic E-state index is 13.3. The minimum Gasteiger partial charge on any atom is -0.340 e. The van der Waals surface area contributed by atoms with Gasteiger partial charge in [0.15, 0.2) is 0 Å². The van der Waals surface area contributed by atoms with Crippen molar-refractivity contribution in [3.63, 3.8) is 0 Å². The first-order chi connectivity index (χ1) is 15.6. The largest absolute Gasteiger partial charge is 0.340 e. The topological polar surface area (TPSA) is 73.8 Å². The molecule has 2 aromatic rings. The SMILES string of the molecule is Cc1cc(C)c(S(=O)(=O)N2CCC(C(=O)N3CCN(Cc4csc(C)n4)CC3)CC2)c(C)c1. The predicted octanol–water partition coefficient (Wildman–Crippen LogP) is 3.12. The molecule has 0 atom stereocenters. The Balaban J connectivity index is 1.31. The molecule has 2 fully saturated rings. The second-order valence-corrected chi connectivity index (χ2v) is 12.3. The van der Waals surface area contributed by atoms with Gasteiger partial charge in [0.2, 0.25) is 15.9 Å². The number of nitrogens with zero attached hydrogens (tertiary/aromatic N) is 4. The van der Waals surface area contributed by atoms with Crippen molar-refractivity contribution in [2.24, 2.45) is 5.92 Å². The van der Waals surface area contributed by atoms with E-state index < -0.39 is 10.0 Å². The lowest BCUT2D eigenvalue weighted by Gasteiger charge is -2.38. The first-order valence-corrected chi connectivity index (χ1v) is 14.0. The van der Waals surface area contributed by atoms with Crippen molar-refractivity contribution in [2.75, 3.05) is 39.3 Å². The highest BCUT2D eigenvalue weighted by Gasteiger charge is 2.35. The third-order valence-corrected chi connectivity index (χ3v) is 9.77. The number of carbonyl (C=O) groups is 1. The van der Waals surface area contributed by atoms with E-state index in [2.05, 4.69) is 15.3 Å². The van der Waals surface area contributed by atoms with Crippen LogP contribution in [0, 0.1) is 33.6 Å². The van der Waals surface area contributed by atoms with Crippen LogP contribution in [0.25, 0.3) is 0 Å². The molecule has 7 nitrogen and oxygen atoms in total. The van der Waals surface area contributed by atoms with Crippen molar-refractivity contribution >= 4 is 27.3 Å². The molecule has 2 saturated heterocycles. The molecule has 0 aliphatic carbocycles. The number of amides is 1. The Morgan fingerprint density at radius 2 is 1.61 bits per heavy atom. The van der Waals surface area contributed by atoms with Gasteiger partial charge in [-0.05, 0) is 51.7 Å². The van der Waals surface area contributed by atoms with Crippen LogP contribution in [0.15, 0.2) is 22.4 Å². The first kappa shape index (κ1) is 24.3. The number of rotatable bonds is 5. The Kier molecular flexibility index (Phi) is 7.23. The maximum absolute atomic E-state index is 13.3. The van der Waals surface area contributed by atoms with Gasteiger partial charge >= 0.3 is 0 Å². The number of aromatic nitrogens is 1. The van der Waals surface area contributed by atoms with Crippen LogP contribution in [-0.4, -0.2) is 72.7 Å². The van der Waals surface area contributed by atoms with Crippen LogP contribution >= 0.6 is 11.3 Å². The van der Waals surface area contributed by atoms with E-state index >= 15 is 0 Å². The van der Waals surface area contributed by atoms with Gasteiger partial charge in [-0.2, -0.15) is 4.31 Å². The molecule has 4 rings (SSSR count). The molecule has 180 valence electrons. The molecule has 3 heterocycles. The zero-order valence-electron chi connectivity index (χ0n) is 20.0. The fourth-order valence-corrected chi connectivity index (χ4v) is 7.63. The standard InChI is InChI=1S/C24H34N4O3S2/c1-17-13-18(2)23(19(3)14-17)33(30,31)28-7-5-21(6-8-28)24(29)27-11-9-26(10-12-27)15-22-16-32-20(4)25-22/h13-14,16,21H,5-12,15H2,1-4H3. The number of hydrogen-bond acceptors (Lipinski definition) is 6. The van der Waals surface area contributed by atoms with Crippen molar-refractivity contribution < 1.29 is 13.2 Å². The number of thiazole rings is 1. The fourth-order valence-electron chi connectivity index (χ4n) is 5.14. The van der Waals surface area contributed by atoms with Crippen LogP contribution in [0.1, 0.15) is 40.2 Å². The minimum absolute atomic E-state index is 0.0931. The third-order valence-electron chi connectivity index (χ3n) is 6.74. The van der Waals surface area contributed by atoms with E-state index in [1.54, 1.807) is 15.6 Å². The molecule has 0 radical (unpaired) electrons. The maximum Gasteiger partial charge on any atom is 0.243 e. The van der Waals surface area contributed by atoms with Crippen LogP contribution in [-0.2, 0) is 21.4 Å². The lowest BCUT2D eigenvalue weighted by atomic mass is 9.96. The van der Waals surface area contributed by atoms with Crippen molar-refractivity contribution in [3.05, 3.63) is 44.9 Å². The minimum atomic E-state index is -3.55. The van der Waals surface area contributed by atoms with Crippen LogP contribution in [0.5, 0.6) is 0 Å². The Morgan fingerprint density at radius 3 is 2.15 bits per heavy atom. The molecule has 2 aliphatic heterocycles. The van der Waals surface area contributed by atoms with Gasteiger partial charge in [-0.25, -0.2) is 13.4 Å². The number of aryl methyl sites for hydroxylation is 4. The fraction of sp³-hybridized carbons (Fsp3) is 0.583. The summed E-state index contributed by atoms with van der Waals surface area (Å²) >= 11 is 1.67. The summed E-state index contributed by atoms with van der Waals surface area (Å²) in [5, 5.41) is 3.19. The number of carbonyl (C=O) groups excluding carboxylic acids is 1. The highest BCUT2D eigenvalue weighted by molar-refractivity contribution is 7.89. The smallest absolute Gasteiger partial charge is 0.243 e. The summed E-state index contributed by atoms with van der Waals surface area (Å²) in [5.41, 5.74) is 3.74. The van der Waals surface area contributed by atoms with E-state index in [1.807, 2.05) is 44.7 Å². The molecular formula is C24H34N4O3S2. The molecule has 1 aromatic carbocycles. The lowest BCUT2D eigenvalue weighted by Crippen LogP contribution is -2.51. The number of hydrogen-bond donors (Lipinski definition) is 0. The summed E-state index contributed by atoms with van der Waals surface area (Å²) in [4.78, 5) is 22.4. The molecule has 0 N–H and O–H groups in total. The van der Waals surface area contributed by atoms with E-state index in [1.165, 1.54) is 0 Å². The predicted molar refractivity (Wildman–Crippen MR) is 131 cm³/mol. The average molecular weight is 491 g/mol. The second-order valence-electron chi connectivity index (χ2n) is 9.37. The second kappa shape index (κ2) is 9.82. The van der Waals surface area contributed by atoms with Crippen molar-refractivity contribution in [3.8, 4) is 0 Å². The summed E-state index contributed by atoms with van der Waals surface area (Å²) in [6.07, 6.45) is 1.17. The summed E-state index contributed by atoms with van der Waals surface area (Å²) in [7, 11) is -3.55. The van der Waals surface area contributed by atoms with Gasteiger partial charge < -0.3 is 4.90 Å².